The van der Waals surface area contributed by atoms with Crippen LogP contribution in [-0.2, 0) is 9.59 Å². The second-order valence-electron chi connectivity index (χ2n) is 3.17. The lowest BCUT2D eigenvalue weighted by Crippen LogP contribution is -2.51. The van der Waals surface area contributed by atoms with Gasteiger partial charge in [0.25, 0.3) is 0 Å². The van der Waals surface area contributed by atoms with Crippen molar-refractivity contribution in [3.05, 3.63) is 0 Å². The molecule has 0 aromatic rings. The zero-order valence-corrected chi connectivity index (χ0v) is 8.04. The molecule has 1 aliphatic heterocycles. The van der Waals surface area contributed by atoms with E-state index in [1.54, 1.807) is 4.90 Å². The lowest BCUT2D eigenvalue weighted by molar-refractivity contribution is -0.146. The average molecular weight is 185 g/mol. The van der Waals surface area contributed by atoms with Crippen LogP contribution in [0.1, 0.15) is 0 Å². The Hall–Kier alpha value is -1.10. The number of hydrogen-bond donors (Lipinski definition) is 1. The molecule has 1 heterocycles. The second kappa shape index (κ2) is 4.23. The monoisotopic (exact) mass is 185 g/mol. The van der Waals surface area contributed by atoms with Gasteiger partial charge in [-0.3, -0.25) is 9.59 Å². The van der Waals surface area contributed by atoms with E-state index in [0.29, 0.717) is 13.1 Å². The zero-order chi connectivity index (χ0) is 9.84. The summed E-state index contributed by atoms with van der Waals surface area (Å²) in [5, 5.41) is 2.33. The number of carbonyl (C=O) groups is 2. The SMILES string of the molecule is CNC(=O)C(=O)N1CCN(C)CC1. The summed E-state index contributed by atoms with van der Waals surface area (Å²) < 4.78 is 0. The lowest BCUT2D eigenvalue weighted by atomic mass is 10.3. The fourth-order valence-electron chi connectivity index (χ4n) is 1.26. The molecule has 0 radical (unpaired) electrons. The number of hydrogen-bond acceptors (Lipinski definition) is 3. The van der Waals surface area contributed by atoms with Crippen molar-refractivity contribution in [1.82, 2.24) is 15.1 Å². The van der Waals surface area contributed by atoms with Crippen molar-refractivity contribution in [2.24, 2.45) is 0 Å². The number of rotatable bonds is 0. The van der Waals surface area contributed by atoms with Gasteiger partial charge in [-0.25, -0.2) is 0 Å². The van der Waals surface area contributed by atoms with Crippen molar-refractivity contribution in [3.63, 3.8) is 0 Å². The Morgan fingerprint density at radius 2 is 1.69 bits per heavy atom. The summed E-state index contributed by atoms with van der Waals surface area (Å²) in [6, 6.07) is 0. The van der Waals surface area contributed by atoms with Crippen molar-refractivity contribution >= 4 is 11.8 Å². The van der Waals surface area contributed by atoms with Gasteiger partial charge in [0, 0.05) is 33.2 Å². The van der Waals surface area contributed by atoms with Crippen molar-refractivity contribution < 1.29 is 9.59 Å². The Morgan fingerprint density at radius 3 is 2.15 bits per heavy atom. The van der Waals surface area contributed by atoms with Gasteiger partial charge in [-0.15, -0.1) is 0 Å². The maximum atomic E-state index is 11.3. The van der Waals surface area contributed by atoms with E-state index in [1.807, 2.05) is 7.05 Å². The van der Waals surface area contributed by atoms with Crippen molar-refractivity contribution in [2.45, 2.75) is 0 Å². The first-order chi connectivity index (χ1) is 6.15. The van der Waals surface area contributed by atoms with Gasteiger partial charge in [0.15, 0.2) is 0 Å². The van der Waals surface area contributed by atoms with Crippen LogP contribution in [0.15, 0.2) is 0 Å². The molecule has 0 atom stereocenters. The van der Waals surface area contributed by atoms with Crippen LogP contribution >= 0.6 is 0 Å². The Balaban J connectivity index is 2.44. The first-order valence-electron chi connectivity index (χ1n) is 4.34. The maximum Gasteiger partial charge on any atom is 0.311 e. The number of likely N-dealkylation sites (N-methyl/N-ethyl adjacent to an activating group) is 2. The number of carbonyl (C=O) groups excluding carboxylic acids is 2. The number of amides is 2. The largest absolute Gasteiger partial charge is 0.351 e. The number of piperazine rings is 1. The van der Waals surface area contributed by atoms with Crippen LogP contribution in [0.4, 0.5) is 0 Å². The molecule has 2 amide bonds. The molecule has 0 aromatic heterocycles. The summed E-state index contributed by atoms with van der Waals surface area (Å²) in [6.45, 7) is 2.96. The topological polar surface area (TPSA) is 52.7 Å². The number of nitrogens with one attached hydrogen (secondary N) is 1. The summed E-state index contributed by atoms with van der Waals surface area (Å²) in [6.07, 6.45) is 0. The molecule has 0 unspecified atom stereocenters. The summed E-state index contributed by atoms with van der Waals surface area (Å²) in [5.41, 5.74) is 0. The van der Waals surface area contributed by atoms with Crippen molar-refractivity contribution in [2.75, 3.05) is 40.3 Å². The Bertz CT molecular complexity index is 209. The molecule has 1 aliphatic rings. The van der Waals surface area contributed by atoms with Crippen LogP contribution in [0, 0.1) is 0 Å². The van der Waals surface area contributed by atoms with E-state index in [1.165, 1.54) is 7.05 Å². The molecule has 5 heteroatoms. The van der Waals surface area contributed by atoms with Crippen molar-refractivity contribution in [3.8, 4) is 0 Å². The minimum Gasteiger partial charge on any atom is -0.351 e. The highest BCUT2D eigenvalue weighted by molar-refractivity contribution is 6.34. The van der Waals surface area contributed by atoms with Crippen LogP contribution < -0.4 is 5.32 Å². The molecule has 0 aliphatic carbocycles. The third-order valence-corrected chi connectivity index (χ3v) is 2.21. The normalized spacial score (nSPS) is 18.5. The molecule has 0 aromatic carbocycles. The van der Waals surface area contributed by atoms with E-state index < -0.39 is 11.8 Å². The molecule has 0 spiro atoms. The van der Waals surface area contributed by atoms with Crippen LogP contribution in [0.25, 0.3) is 0 Å². The fraction of sp³-hybridized carbons (Fsp3) is 0.750. The molecule has 5 nitrogen and oxygen atoms in total. The van der Waals surface area contributed by atoms with Crippen LogP contribution in [-0.4, -0.2) is 61.9 Å². The minimum absolute atomic E-state index is 0.421. The minimum atomic E-state index is -0.524. The first kappa shape index (κ1) is 9.98. The van der Waals surface area contributed by atoms with E-state index in [2.05, 4.69) is 10.2 Å². The summed E-state index contributed by atoms with van der Waals surface area (Å²) >= 11 is 0. The molecule has 0 saturated carbocycles. The molecular formula is C8H15N3O2. The Morgan fingerprint density at radius 1 is 1.15 bits per heavy atom. The van der Waals surface area contributed by atoms with Gasteiger partial charge < -0.3 is 15.1 Å². The van der Waals surface area contributed by atoms with Gasteiger partial charge >= 0.3 is 11.8 Å². The Kier molecular flexibility index (Phi) is 3.25. The van der Waals surface area contributed by atoms with E-state index >= 15 is 0 Å². The predicted molar refractivity (Wildman–Crippen MR) is 48.1 cm³/mol. The maximum absolute atomic E-state index is 11.3. The molecule has 1 rings (SSSR count). The van der Waals surface area contributed by atoms with E-state index in [0.717, 1.165) is 13.1 Å². The first-order valence-corrected chi connectivity index (χ1v) is 4.34. The van der Waals surface area contributed by atoms with Gasteiger partial charge in [-0.2, -0.15) is 0 Å². The van der Waals surface area contributed by atoms with Gasteiger partial charge in [-0.1, -0.05) is 0 Å². The highest BCUT2D eigenvalue weighted by Crippen LogP contribution is 1.99. The predicted octanol–water partition coefficient (Wildman–Crippen LogP) is -1.49. The van der Waals surface area contributed by atoms with Gasteiger partial charge in [-0.05, 0) is 7.05 Å². The molecule has 13 heavy (non-hydrogen) atoms. The fourth-order valence-corrected chi connectivity index (χ4v) is 1.26. The molecule has 1 fully saturated rings. The summed E-state index contributed by atoms with van der Waals surface area (Å²) in [4.78, 5) is 26.0. The number of nitrogens with zero attached hydrogens (tertiary/aromatic N) is 2. The van der Waals surface area contributed by atoms with Gasteiger partial charge in [0.2, 0.25) is 0 Å². The van der Waals surface area contributed by atoms with Gasteiger partial charge in [0.1, 0.15) is 0 Å². The Labute approximate surface area is 77.7 Å². The molecule has 74 valence electrons. The average Bonchev–Trinajstić information content (AvgIpc) is 2.17. The lowest BCUT2D eigenvalue weighted by Gasteiger charge is -2.31. The smallest absolute Gasteiger partial charge is 0.311 e. The van der Waals surface area contributed by atoms with Crippen LogP contribution in [0.2, 0.25) is 0 Å². The third kappa shape index (κ3) is 2.42. The molecule has 1 saturated heterocycles. The van der Waals surface area contributed by atoms with Crippen LogP contribution in [0.3, 0.4) is 0 Å². The van der Waals surface area contributed by atoms with Crippen LogP contribution in [0.5, 0.6) is 0 Å². The molecular weight excluding hydrogens is 170 g/mol. The zero-order valence-electron chi connectivity index (χ0n) is 8.04. The van der Waals surface area contributed by atoms with Gasteiger partial charge in [0.05, 0.1) is 0 Å². The quantitative estimate of drug-likeness (QED) is 0.468. The van der Waals surface area contributed by atoms with E-state index in [-0.39, 0.29) is 0 Å². The highest BCUT2D eigenvalue weighted by atomic mass is 16.2. The highest BCUT2D eigenvalue weighted by Gasteiger charge is 2.23. The van der Waals surface area contributed by atoms with E-state index in [4.69, 9.17) is 0 Å². The summed E-state index contributed by atoms with van der Waals surface area (Å²) in [5.74, 6) is -0.944. The molecule has 0 bridgehead atoms. The van der Waals surface area contributed by atoms with Crippen molar-refractivity contribution in [1.29, 1.82) is 0 Å². The standard InChI is InChI=1S/C8H15N3O2/c1-9-7(12)8(13)11-5-3-10(2)4-6-11/h3-6H2,1-2H3,(H,9,12). The third-order valence-electron chi connectivity index (χ3n) is 2.21. The van der Waals surface area contributed by atoms with E-state index in [9.17, 15) is 9.59 Å². The summed E-state index contributed by atoms with van der Waals surface area (Å²) in [7, 11) is 3.47. The second-order valence-corrected chi connectivity index (χ2v) is 3.17. The molecule has 1 N–H and O–H groups in total.